The maximum Gasteiger partial charge on any atom is 0.233 e. The minimum Gasteiger partial charge on any atom is -0.348 e. The van der Waals surface area contributed by atoms with Crippen LogP contribution < -0.4 is 5.32 Å². The third-order valence-electron chi connectivity index (χ3n) is 1.71. The van der Waals surface area contributed by atoms with E-state index in [-0.39, 0.29) is 17.2 Å². The van der Waals surface area contributed by atoms with Crippen LogP contribution in [0.5, 0.6) is 0 Å². The fourth-order valence-electron chi connectivity index (χ4n) is 0.943. The van der Waals surface area contributed by atoms with Crippen molar-refractivity contribution < 1.29 is 4.79 Å². The molecule has 0 aliphatic rings. The quantitative estimate of drug-likeness (QED) is 0.744. The van der Waals surface area contributed by atoms with Gasteiger partial charge < -0.3 is 5.32 Å². The molecule has 0 saturated carbocycles. The predicted octanol–water partition coefficient (Wildman–Crippen LogP) is 2.24. The molecule has 0 bridgehead atoms. The largest absolute Gasteiger partial charge is 0.348 e. The second kappa shape index (κ2) is 4.67. The van der Waals surface area contributed by atoms with E-state index in [0.717, 1.165) is 0 Å². The number of amides is 1. The number of nitrogens with one attached hydrogen (secondary N) is 1. The van der Waals surface area contributed by atoms with Gasteiger partial charge in [-0.3, -0.25) is 4.79 Å². The first-order chi connectivity index (χ1) is 6.11. The molecule has 2 atom stereocenters. The Morgan fingerprint density at radius 2 is 2.31 bits per heavy atom. The topological polar surface area (TPSA) is 29.1 Å². The molecule has 0 aliphatic carbocycles. The Bertz CT molecular complexity index is 269. The summed E-state index contributed by atoms with van der Waals surface area (Å²) in [5, 5.41) is 4.63. The van der Waals surface area contributed by atoms with Crippen LogP contribution in [0.3, 0.4) is 0 Å². The highest BCUT2D eigenvalue weighted by atomic mass is 32.1. The summed E-state index contributed by atoms with van der Waals surface area (Å²) in [6.07, 6.45) is 0. The highest BCUT2D eigenvalue weighted by molar-refractivity contribution is 7.81. The molecule has 0 fully saturated rings. The van der Waals surface area contributed by atoms with Crippen LogP contribution in [0.25, 0.3) is 0 Å². The zero-order valence-corrected chi connectivity index (χ0v) is 9.36. The highest BCUT2D eigenvalue weighted by Crippen LogP contribution is 2.18. The predicted molar refractivity (Wildman–Crippen MR) is 59.3 cm³/mol. The molecule has 13 heavy (non-hydrogen) atoms. The summed E-state index contributed by atoms with van der Waals surface area (Å²) in [6, 6.07) is 4.08. The van der Waals surface area contributed by atoms with Crippen molar-refractivity contribution in [2.75, 3.05) is 0 Å². The molecule has 4 heteroatoms. The number of carbonyl (C=O) groups excluding carboxylic acids is 1. The van der Waals surface area contributed by atoms with Crippen molar-refractivity contribution in [1.29, 1.82) is 0 Å². The Morgan fingerprint density at radius 1 is 1.62 bits per heavy atom. The molecular formula is C9H13NOS2. The highest BCUT2D eigenvalue weighted by Gasteiger charge is 2.12. The average Bonchev–Trinajstić information content (AvgIpc) is 2.55. The first-order valence-corrected chi connectivity index (χ1v) is 5.52. The van der Waals surface area contributed by atoms with E-state index in [2.05, 4.69) is 17.9 Å². The van der Waals surface area contributed by atoms with Crippen molar-refractivity contribution in [3.05, 3.63) is 22.4 Å². The molecule has 2 nitrogen and oxygen atoms in total. The van der Waals surface area contributed by atoms with Gasteiger partial charge in [-0.1, -0.05) is 6.07 Å². The van der Waals surface area contributed by atoms with Gasteiger partial charge in [-0.05, 0) is 25.3 Å². The lowest BCUT2D eigenvalue weighted by atomic mass is 10.2. The molecular weight excluding hydrogens is 202 g/mol. The molecule has 0 radical (unpaired) electrons. The van der Waals surface area contributed by atoms with E-state index >= 15 is 0 Å². The second-order valence-electron chi connectivity index (χ2n) is 2.92. The molecule has 1 heterocycles. The van der Waals surface area contributed by atoms with E-state index in [4.69, 9.17) is 0 Å². The molecule has 0 saturated heterocycles. The van der Waals surface area contributed by atoms with Crippen LogP contribution in [0.2, 0.25) is 0 Å². The fourth-order valence-corrected chi connectivity index (χ4v) is 1.75. The van der Waals surface area contributed by atoms with E-state index < -0.39 is 0 Å². The average molecular weight is 215 g/mol. The molecule has 1 amide bonds. The Balaban J connectivity index is 2.51. The maximum atomic E-state index is 11.3. The number of hydrogen-bond acceptors (Lipinski definition) is 3. The van der Waals surface area contributed by atoms with Gasteiger partial charge >= 0.3 is 0 Å². The monoisotopic (exact) mass is 215 g/mol. The van der Waals surface area contributed by atoms with Gasteiger partial charge in [0.15, 0.2) is 0 Å². The molecule has 72 valence electrons. The third-order valence-corrected chi connectivity index (χ3v) is 3.00. The summed E-state index contributed by atoms with van der Waals surface area (Å²) < 4.78 is 0. The van der Waals surface area contributed by atoms with Gasteiger partial charge in [-0.2, -0.15) is 12.6 Å². The Morgan fingerprint density at radius 3 is 2.77 bits per heavy atom. The van der Waals surface area contributed by atoms with Crippen molar-refractivity contribution in [3.8, 4) is 0 Å². The van der Waals surface area contributed by atoms with Crippen LogP contribution >= 0.6 is 24.0 Å². The lowest BCUT2D eigenvalue weighted by molar-refractivity contribution is -0.120. The first kappa shape index (κ1) is 10.6. The van der Waals surface area contributed by atoms with Gasteiger partial charge in [-0.25, -0.2) is 0 Å². The Hall–Kier alpha value is -0.480. The summed E-state index contributed by atoms with van der Waals surface area (Å²) in [6.45, 7) is 3.74. The standard InChI is InChI=1S/C9H13NOS2/c1-6(8-4-3-5-13-8)10-9(11)7(2)12/h3-7,12H,1-2H3,(H,10,11). The number of hydrogen-bond donors (Lipinski definition) is 2. The van der Waals surface area contributed by atoms with Crippen molar-refractivity contribution in [3.63, 3.8) is 0 Å². The van der Waals surface area contributed by atoms with E-state index in [1.165, 1.54) is 4.88 Å². The second-order valence-corrected chi connectivity index (χ2v) is 4.68. The van der Waals surface area contributed by atoms with Gasteiger partial charge in [0.1, 0.15) is 0 Å². The van der Waals surface area contributed by atoms with Crippen LogP contribution in [-0.4, -0.2) is 11.2 Å². The molecule has 1 aromatic heterocycles. The minimum absolute atomic E-state index is 0.0239. The van der Waals surface area contributed by atoms with Crippen molar-refractivity contribution in [2.45, 2.75) is 25.1 Å². The molecule has 1 N–H and O–H groups in total. The summed E-state index contributed by atoms with van der Waals surface area (Å²) in [4.78, 5) is 12.4. The third kappa shape index (κ3) is 3.04. The van der Waals surface area contributed by atoms with E-state index in [0.29, 0.717) is 0 Å². The van der Waals surface area contributed by atoms with Gasteiger partial charge in [-0.15, -0.1) is 11.3 Å². The van der Waals surface area contributed by atoms with Crippen LogP contribution in [0.4, 0.5) is 0 Å². The molecule has 0 aliphatic heterocycles. The normalized spacial score (nSPS) is 15.0. The fraction of sp³-hybridized carbons (Fsp3) is 0.444. The number of thiol groups is 1. The first-order valence-electron chi connectivity index (χ1n) is 4.13. The number of carbonyl (C=O) groups is 1. The lowest BCUT2D eigenvalue weighted by Crippen LogP contribution is -2.31. The van der Waals surface area contributed by atoms with E-state index in [1.807, 2.05) is 24.4 Å². The van der Waals surface area contributed by atoms with Crippen LogP contribution in [0.1, 0.15) is 24.8 Å². The molecule has 0 aromatic carbocycles. The van der Waals surface area contributed by atoms with E-state index in [9.17, 15) is 4.79 Å². The van der Waals surface area contributed by atoms with Crippen LogP contribution in [0.15, 0.2) is 17.5 Å². The van der Waals surface area contributed by atoms with Crippen molar-refractivity contribution >= 4 is 29.9 Å². The van der Waals surface area contributed by atoms with Crippen LogP contribution in [0, 0.1) is 0 Å². The summed E-state index contributed by atoms with van der Waals surface area (Å²) >= 11 is 5.70. The van der Waals surface area contributed by atoms with Gasteiger partial charge in [0.05, 0.1) is 11.3 Å². The number of thiophene rings is 1. The summed E-state index contributed by atoms with van der Waals surface area (Å²) in [7, 11) is 0. The Kier molecular flexibility index (Phi) is 3.81. The van der Waals surface area contributed by atoms with E-state index in [1.54, 1.807) is 18.3 Å². The van der Waals surface area contributed by atoms with Gasteiger partial charge in [0.2, 0.25) is 5.91 Å². The molecule has 1 aromatic rings. The van der Waals surface area contributed by atoms with Gasteiger partial charge in [0.25, 0.3) is 0 Å². The summed E-state index contributed by atoms with van der Waals surface area (Å²) in [5.41, 5.74) is 0. The lowest BCUT2D eigenvalue weighted by Gasteiger charge is -2.13. The zero-order chi connectivity index (χ0) is 9.84. The smallest absolute Gasteiger partial charge is 0.233 e. The molecule has 1 rings (SSSR count). The summed E-state index contributed by atoms with van der Waals surface area (Å²) in [5.74, 6) is -0.0239. The maximum absolute atomic E-state index is 11.3. The molecule has 0 spiro atoms. The number of rotatable bonds is 3. The Labute approximate surface area is 87.8 Å². The van der Waals surface area contributed by atoms with Gasteiger partial charge in [0, 0.05) is 4.88 Å². The zero-order valence-electron chi connectivity index (χ0n) is 7.65. The van der Waals surface area contributed by atoms with Crippen LogP contribution in [-0.2, 0) is 4.79 Å². The SMILES string of the molecule is CC(S)C(=O)NC(C)c1cccs1. The minimum atomic E-state index is -0.248. The molecule has 2 unspecified atom stereocenters. The van der Waals surface area contributed by atoms with Crippen molar-refractivity contribution in [2.24, 2.45) is 0 Å². The van der Waals surface area contributed by atoms with Crippen molar-refractivity contribution in [1.82, 2.24) is 5.32 Å².